The molecule has 0 aliphatic rings. The van der Waals surface area contributed by atoms with Crippen LogP contribution in [-0.2, 0) is 9.53 Å². The fourth-order valence-electron chi connectivity index (χ4n) is 1.99. The summed E-state index contributed by atoms with van der Waals surface area (Å²) in [5.74, 6) is 0.335. The molecule has 134 valence electrons. The van der Waals surface area contributed by atoms with Gasteiger partial charge in [0, 0.05) is 6.20 Å². The van der Waals surface area contributed by atoms with Crippen molar-refractivity contribution in [3.8, 4) is 11.5 Å². The first kappa shape index (κ1) is 18.7. The van der Waals surface area contributed by atoms with Crippen molar-refractivity contribution in [2.45, 2.75) is 12.1 Å². The Morgan fingerprint density at radius 3 is 2.76 bits per heavy atom. The number of rotatable bonds is 8. The van der Waals surface area contributed by atoms with Crippen LogP contribution < -0.4 is 14.8 Å². The lowest BCUT2D eigenvalue weighted by Gasteiger charge is -2.13. The summed E-state index contributed by atoms with van der Waals surface area (Å²) in [5, 5.41) is 3.21. The Bertz CT molecular complexity index is 747. The number of imidazole rings is 1. The molecule has 9 heteroatoms. The summed E-state index contributed by atoms with van der Waals surface area (Å²) in [6.07, 6.45) is 1.45. The summed E-state index contributed by atoms with van der Waals surface area (Å²) in [6.45, 7) is 2.00. The van der Waals surface area contributed by atoms with Crippen molar-refractivity contribution in [1.29, 1.82) is 0 Å². The molecule has 0 spiro atoms. The van der Waals surface area contributed by atoms with Crippen molar-refractivity contribution in [2.24, 2.45) is 0 Å². The summed E-state index contributed by atoms with van der Waals surface area (Å²) in [6, 6.07) is 5.21. The van der Waals surface area contributed by atoms with Gasteiger partial charge in [-0.2, -0.15) is 0 Å². The number of aromatic nitrogens is 2. The molecule has 0 aliphatic heterocycles. The van der Waals surface area contributed by atoms with Crippen LogP contribution in [0.5, 0.6) is 11.5 Å². The fourth-order valence-corrected chi connectivity index (χ4v) is 2.64. The second kappa shape index (κ2) is 8.97. The fraction of sp³-hybridized carbons (Fsp3) is 0.312. The number of anilines is 1. The summed E-state index contributed by atoms with van der Waals surface area (Å²) >= 11 is 1.17. The number of methoxy groups -OCH3 is 2. The van der Waals surface area contributed by atoms with Crippen LogP contribution in [-0.4, -0.2) is 48.4 Å². The minimum atomic E-state index is -0.504. The van der Waals surface area contributed by atoms with Gasteiger partial charge in [-0.1, -0.05) is 17.8 Å². The van der Waals surface area contributed by atoms with Crippen LogP contribution in [0.2, 0.25) is 0 Å². The van der Waals surface area contributed by atoms with Gasteiger partial charge in [-0.05, 0) is 19.1 Å². The van der Waals surface area contributed by atoms with Gasteiger partial charge in [-0.25, -0.2) is 9.78 Å². The van der Waals surface area contributed by atoms with Crippen LogP contribution >= 0.6 is 11.8 Å². The Labute approximate surface area is 149 Å². The van der Waals surface area contributed by atoms with Crippen LogP contribution in [0.1, 0.15) is 17.4 Å². The van der Waals surface area contributed by atoms with E-state index in [2.05, 4.69) is 15.3 Å². The van der Waals surface area contributed by atoms with E-state index in [1.807, 2.05) is 0 Å². The Morgan fingerprint density at radius 2 is 2.08 bits per heavy atom. The lowest BCUT2D eigenvalue weighted by Crippen LogP contribution is -2.15. The zero-order chi connectivity index (χ0) is 18.2. The van der Waals surface area contributed by atoms with E-state index < -0.39 is 5.97 Å². The molecule has 1 aromatic carbocycles. The monoisotopic (exact) mass is 365 g/mol. The van der Waals surface area contributed by atoms with E-state index in [1.165, 1.54) is 32.2 Å². The number of benzene rings is 1. The first-order chi connectivity index (χ1) is 12.1. The molecule has 2 N–H and O–H groups in total. The number of amides is 1. The number of H-pyrrole nitrogens is 1. The third-order valence-electron chi connectivity index (χ3n) is 3.06. The van der Waals surface area contributed by atoms with Gasteiger partial charge >= 0.3 is 5.97 Å². The highest BCUT2D eigenvalue weighted by Gasteiger charge is 2.14. The quantitative estimate of drug-likeness (QED) is 0.547. The van der Waals surface area contributed by atoms with Gasteiger partial charge < -0.3 is 24.5 Å². The third kappa shape index (κ3) is 4.90. The van der Waals surface area contributed by atoms with Crippen molar-refractivity contribution in [3.05, 3.63) is 30.1 Å². The normalized spacial score (nSPS) is 10.2. The number of esters is 1. The van der Waals surface area contributed by atoms with Gasteiger partial charge in [-0.3, -0.25) is 4.79 Å². The second-order valence-electron chi connectivity index (χ2n) is 4.69. The molecule has 0 aliphatic carbocycles. The largest absolute Gasteiger partial charge is 0.493 e. The average Bonchev–Trinajstić information content (AvgIpc) is 3.09. The van der Waals surface area contributed by atoms with Crippen LogP contribution in [0.25, 0.3) is 0 Å². The summed E-state index contributed by atoms with van der Waals surface area (Å²) in [7, 11) is 3.03. The number of nitrogens with one attached hydrogen (secondary N) is 2. The lowest BCUT2D eigenvalue weighted by molar-refractivity contribution is -0.113. The van der Waals surface area contributed by atoms with Crippen LogP contribution in [0.15, 0.2) is 29.6 Å². The number of aromatic amines is 1. The standard InChI is InChI=1S/C16H19N3O5S/c1-4-24-15(21)11-8-17-16(19-11)25-9-13(20)18-10-6-5-7-12(22-2)14(10)23-3/h5-8H,4,9H2,1-3H3,(H,17,19)(H,18,20). The Hall–Kier alpha value is -2.68. The highest BCUT2D eigenvalue weighted by Crippen LogP contribution is 2.34. The molecule has 1 aromatic heterocycles. The number of thioether (sulfide) groups is 1. The molecule has 2 aromatic rings. The van der Waals surface area contributed by atoms with Crippen molar-refractivity contribution in [2.75, 3.05) is 31.9 Å². The molecular weight excluding hydrogens is 346 g/mol. The van der Waals surface area contributed by atoms with Gasteiger partial charge in [0.05, 0.1) is 32.3 Å². The maximum Gasteiger partial charge on any atom is 0.358 e. The Balaban J connectivity index is 1.94. The lowest BCUT2D eigenvalue weighted by atomic mass is 10.2. The molecule has 25 heavy (non-hydrogen) atoms. The van der Waals surface area contributed by atoms with E-state index in [9.17, 15) is 9.59 Å². The molecule has 0 atom stereocenters. The molecule has 0 fully saturated rings. The third-order valence-corrected chi connectivity index (χ3v) is 3.95. The SMILES string of the molecule is CCOC(=O)c1c[nH]c(SCC(=O)Nc2cccc(OC)c2OC)n1. The molecule has 1 heterocycles. The molecule has 0 saturated heterocycles. The number of para-hydroxylation sites is 1. The van der Waals surface area contributed by atoms with E-state index in [0.29, 0.717) is 22.3 Å². The van der Waals surface area contributed by atoms with E-state index in [1.54, 1.807) is 25.1 Å². The van der Waals surface area contributed by atoms with Crippen LogP contribution in [0.4, 0.5) is 5.69 Å². The average molecular weight is 365 g/mol. The second-order valence-corrected chi connectivity index (χ2v) is 5.65. The number of carbonyl (C=O) groups is 2. The highest BCUT2D eigenvalue weighted by atomic mass is 32.2. The summed E-state index contributed by atoms with van der Waals surface area (Å²) < 4.78 is 15.3. The van der Waals surface area contributed by atoms with E-state index in [4.69, 9.17) is 14.2 Å². The molecular formula is C16H19N3O5S. The number of ether oxygens (including phenoxy) is 3. The maximum atomic E-state index is 12.1. The topological polar surface area (TPSA) is 103 Å². The minimum Gasteiger partial charge on any atom is -0.493 e. The molecule has 8 nitrogen and oxygen atoms in total. The van der Waals surface area contributed by atoms with Crippen LogP contribution in [0, 0.1) is 0 Å². The molecule has 0 bridgehead atoms. The van der Waals surface area contributed by atoms with E-state index in [0.717, 1.165) is 0 Å². The summed E-state index contributed by atoms with van der Waals surface area (Å²) in [4.78, 5) is 30.6. The number of nitrogens with zero attached hydrogens (tertiary/aromatic N) is 1. The predicted octanol–water partition coefficient (Wildman–Crippen LogP) is 2.33. The van der Waals surface area contributed by atoms with Crippen molar-refractivity contribution in [3.63, 3.8) is 0 Å². The molecule has 2 rings (SSSR count). The van der Waals surface area contributed by atoms with Crippen molar-refractivity contribution in [1.82, 2.24) is 9.97 Å². The van der Waals surface area contributed by atoms with Crippen molar-refractivity contribution >= 4 is 29.3 Å². The Morgan fingerprint density at radius 1 is 1.28 bits per heavy atom. The Kier molecular flexibility index (Phi) is 6.70. The zero-order valence-electron chi connectivity index (χ0n) is 14.1. The zero-order valence-corrected chi connectivity index (χ0v) is 14.9. The van der Waals surface area contributed by atoms with Gasteiger partial charge in [-0.15, -0.1) is 0 Å². The number of carbonyl (C=O) groups excluding carboxylic acids is 2. The molecule has 0 saturated carbocycles. The number of hydrogen-bond donors (Lipinski definition) is 2. The van der Waals surface area contributed by atoms with Gasteiger partial charge in [0.25, 0.3) is 0 Å². The van der Waals surface area contributed by atoms with Crippen LogP contribution in [0.3, 0.4) is 0 Å². The van der Waals surface area contributed by atoms with E-state index in [-0.39, 0.29) is 24.0 Å². The van der Waals surface area contributed by atoms with Gasteiger partial charge in [0.1, 0.15) is 0 Å². The number of hydrogen-bond acceptors (Lipinski definition) is 7. The molecule has 1 amide bonds. The highest BCUT2D eigenvalue weighted by molar-refractivity contribution is 7.99. The van der Waals surface area contributed by atoms with Gasteiger partial charge in [0.15, 0.2) is 22.3 Å². The smallest absolute Gasteiger partial charge is 0.358 e. The predicted molar refractivity (Wildman–Crippen MR) is 93.4 cm³/mol. The minimum absolute atomic E-state index is 0.107. The first-order valence-corrected chi connectivity index (χ1v) is 8.43. The van der Waals surface area contributed by atoms with Gasteiger partial charge in [0.2, 0.25) is 5.91 Å². The van der Waals surface area contributed by atoms with E-state index >= 15 is 0 Å². The summed E-state index contributed by atoms with van der Waals surface area (Å²) in [5.41, 5.74) is 0.693. The molecule has 0 unspecified atom stereocenters. The van der Waals surface area contributed by atoms with Crippen molar-refractivity contribution < 1.29 is 23.8 Å². The first-order valence-electron chi connectivity index (χ1n) is 7.45. The maximum absolute atomic E-state index is 12.1. The molecule has 0 radical (unpaired) electrons.